The molecule has 0 saturated heterocycles. The van der Waals surface area contributed by atoms with Crippen molar-refractivity contribution in [3.63, 3.8) is 0 Å². The number of rotatable bonds is 10. The molecule has 0 aliphatic rings. The number of carboxylic acid groups (broad SMARTS) is 1. The minimum absolute atomic E-state index is 0.352. The fourth-order valence-electron chi connectivity index (χ4n) is 2.06. The summed E-state index contributed by atoms with van der Waals surface area (Å²) >= 11 is 0. The van der Waals surface area contributed by atoms with Gasteiger partial charge in [-0.3, -0.25) is 4.79 Å². The third-order valence-electron chi connectivity index (χ3n) is 3.77. The maximum absolute atomic E-state index is 11.3. The van der Waals surface area contributed by atoms with E-state index >= 15 is 0 Å². The number of hydrogen-bond acceptors (Lipinski definition) is 4. The standard InChI is InChI=1S/C13H28N2O3/c1-6-13(14-3,12(16)17)8-7-9-15(4)11(2)10-18-5/h11,14H,6-10H2,1-5H3,(H,16,17). The van der Waals surface area contributed by atoms with Crippen LogP contribution in [0.1, 0.15) is 33.1 Å². The zero-order chi connectivity index (χ0) is 14.2. The molecule has 0 aromatic rings. The van der Waals surface area contributed by atoms with E-state index in [0.717, 1.165) is 13.0 Å². The Labute approximate surface area is 110 Å². The molecule has 2 N–H and O–H groups in total. The van der Waals surface area contributed by atoms with Crippen LogP contribution < -0.4 is 5.32 Å². The lowest BCUT2D eigenvalue weighted by Gasteiger charge is -2.30. The molecule has 18 heavy (non-hydrogen) atoms. The van der Waals surface area contributed by atoms with E-state index in [2.05, 4.69) is 17.1 Å². The van der Waals surface area contributed by atoms with Gasteiger partial charge >= 0.3 is 5.97 Å². The van der Waals surface area contributed by atoms with E-state index in [1.165, 1.54) is 0 Å². The first-order valence-corrected chi connectivity index (χ1v) is 6.55. The quantitative estimate of drug-likeness (QED) is 0.618. The number of hydrogen-bond donors (Lipinski definition) is 2. The molecular formula is C13H28N2O3. The Balaban J connectivity index is 4.19. The molecule has 0 aromatic carbocycles. The molecule has 0 amide bonds. The topological polar surface area (TPSA) is 61.8 Å². The van der Waals surface area contributed by atoms with Crippen molar-refractivity contribution in [1.29, 1.82) is 0 Å². The highest BCUT2D eigenvalue weighted by atomic mass is 16.5. The molecule has 5 heteroatoms. The molecule has 5 nitrogen and oxygen atoms in total. The highest BCUT2D eigenvalue weighted by Gasteiger charge is 2.34. The summed E-state index contributed by atoms with van der Waals surface area (Å²) in [5, 5.41) is 12.2. The van der Waals surface area contributed by atoms with E-state index in [0.29, 0.717) is 25.5 Å². The van der Waals surface area contributed by atoms with Gasteiger partial charge in [0.1, 0.15) is 5.54 Å². The van der Waals surface area contributed by atoms with Crippen LogP contribution in [0.4, 0.5) is 0 Å². The summed E-state index contributed by atoms with van der Waals surface area (Å²) in [5.74, 6) is -0.764. The molecule has 0 rings (SSSR count). The van der Waals surface area contributed by atoms with E-state index in [-0.39, 0.29) is 0 Å². The minimum atomic E-state index is -0.786. The highest BCUT2D eigenvalue weighted by molar-refractivity contribution is 5.78. The van der Waals surface area contributed by atoms with Gasteiger partial charge in [0, 0.05) is 13.2 Å². The lowest BCUT2D eigenvalue weighted by molar-refractivity contribution is -0.145. The number of aliphatic carboxylic acids is 1. The highest BCUT2D eigenvalue weighted by Crippen LogP contribution is 2.18. The summed E-state index contributed by atoms with van der Waals surface area (Å²) in [6.45, 7) is 5.58. The van der Waals surface area contributed by atoms with Crippen LogP contribution in [0.5, 0.6) is 0 Å². The van der Waals surface area contributed by atoms with E-state index in [1.54, 1.807) is 14.2 Å². The second-order valence-electron chi connectivity index (χ2n) is 4.88. The fourth-order valence-corrected chi connectivity index (χ4v) is 2.06. The van der Waals surface area contributed by atoms with Gasteiger partial charge < -0.3 is 20.1 Å². The summed E-state index contributed by atoms with van der Waals surface area (Å²) in [6, 6.07) is 0.352. The molecule has 0 fully saturated rings. The number of methoxy groups -OCH3 is 1. The predicted octanol–water partition coefficient (Wildman–Crippen LogP) is 1.19. The van der Waals surface area contributed by atoms with Gasteiger partial charge in [-0.05, 0) is 46.8 Å². The maximum atomic E-state index is 11.3. The van der Waals surface area contributed by atoms with Gasteiger partial charge in [0.25, 0.3) is 0 Å². The van der Waals surface area contributed by atoms with E-state index in [4.69, 9.17) is 4.74 Å². The smallest absolute Gasteiger partial charge is 0.323 e. The fraction of sp³-hybridized carbons (Fsp3) is 0.923. The first-order chi connectivity index (χ1) is 8.43. The molecule has 0 aliphatic heterocycles. The number of carbonyl (C=O) groups is 1. The first-order valence-electron chi connectivity index (χ1n) is 6.55. The van der Waals surface area contributed by atoms with Crippen molar-refractivity contribution in [2.45, 2.75) is 44.7 Å². The number of nitrogens with one attached hydrogen (secondary N) is 1. The lowest BCUT2D eigenvalue weighted by Crippen LogP contribution is -2.50. The molecule has 0 aliphatic carbocycles. The zero-order valence-corrected chi connectivity index (χ0v) is 12.3. The predicted molar refractivity (Wildman–Crippen MR) is 72.9 cm³/mol. The van der Waals surface area contributed by atoms with E-state index < -0.39 is 11.5 Å². The molecule has 108 valence electrons. The Morgan fingerprint density at radius 2 is 2.17 bits per heavy atom. The number of ether oxygens (including phenoxy) is 1. The molecule has 2 atom stereocenters. The van der Waals surface area contributed by atoms with Crippen molar-refractivity contribution in [3.05, 3.63) is 0 Å². The summed E-state index contributed by atoms with van der Waals surface area (Å²) in [6.07, 6.45) is 2.08. The van der Waals surface area contributed by atoms with Crippen LogP contribution >= 0.6 is 0 Å². The third-order valence-corrected chi connectivity index (χ3v) is 3.77. The van der Waals surface area contributed by atoms with Crippen LogP contribution in [0.3, 0.4) is 0 Å². The van der Waals surface area contributed by atoms with Gasteiger partial charge in [-0.1, -0.05) is 6.92 Å². The normalized spacial score (nSPS) is 16.6. The average Bonchev–Trinajstić information content (AvgIpc) is 2.34. The first kappa shape index (κ1) is 17.4. The van der Waals surface area contributed by atoms with Crippen LogP contribution in [0, 0.1) is 0 Å². The maximum Gasteiger partial charge on any atom is 0.323 e. The molecular weight excluding hydrogens is 232 g/mol. The van der Waals surface area contributed by atoms with Crippen molar-refractivity contribution in [2.75, 3.05) is 34.4 Å². The Bertz CT molecular complexity index is 242. The van der Waals surface area contributed by atoms with Crippen LogP contribution in [-0.4, -0.2) is 61.9 Å². The Morgan fingerprint density at radius 3 is 2.56 bits per heavy atom. The summed E-state index contributed by atoms with van der Waals surface area (Å²) in [7, 11) is 5.45. The minimum Gasteiger partial charge on any atom is -0.480 e. The Hall–Kier alpha value is -0.650. The third kappa shape index (κ3) is 4.92. The zero-order valence-electron chi connectivity index (χ0n) is 12.3. The van der Waals surface area contributed by atoms with Crippen molar-refractivity contribution in [3.8, 4) is 0 Å². The molecule has 0 heterocycles. The van der Waals surface area contributed by atoms with Gasteiger partial charge in [-0.15, -0.1) is 0 Å². The van der Waals surface area contributed by atoms with Gasteiger partial charge in [-0.25, -0.2) is 0 Å². The number of likely N-dealkylation sites (N-methyl/N-ethyl adjacent to an activating group) is 2. The van der Waals surface area contributed by atoms with Crippen LogP contribution in [0.2, 0.25) is 0 Å². The lowest BCUT2D eigenvalue weighted by atomic mass is 9.90. The van der Waals surface area contributed by atoms with E-state index in [9.17, 15) is 9.90 Å². The molecule has 0 bridgehead atoms. The van der Waals surface area contributed by atoms with Gasteiger partial charge in [0.2, 0.25) is 0 Å². The number of carboxylic acids is 1. The van der Waals surface area contributed by atoms with Crippen molar-refractivity contribution in [1.82, 2.24) is 10.2 Å². The van der Waals surface area contributed by atoms with Crippen molar-refractivity contribution in [2.24, 2.45) is 0 Å². The van der Waals surface area contributed by atoms with Gasteiger partial charge in [-0.2, -0.15) is 0 Å². The second-order valence-corrected chi connectivity index (χ2v) is 4.88. The van der Waals surface area contributed by atoms with Gasteiger partial charge in [0.05, 0.1) is 6.61 Å². The van der Waals surface area contributed by atoms with Crippen LogP contribution in [0.25, 0.3) is 0 Å². The Morgan fingerprint density at radius 1 is 1.56 bits per heavy atom. The molecule has 0 spiro atoms. The number of nitrogens with zero attached hydrogens (tertiary/aromatic N) is 1. The summed E-state index contributed by atoms with van der Waals surface area (Å²) in [5.41, 5.74) is -0.786. The molecule has 2 unspecified atom stereocenters. The largest absolute Gasteiger partial charge is 0.480 e. The molecule has 0 radical (unpaired) electrons. The van der Waals surface area contributed by atoms with Crippen molar-refractivity contribution >= 4 is 5.97 Å². The Kier molecular flexibility index (Phi) is 8.15. The second kappa shape index (κ2) is 8.45. The van der Waals surface area contributed by atoms with Crippen LogP contribution in [0.15, 0.2) is 0 Å². The summed E-state index contributed by atoms with van der Waals surface area (Å²) in [4.78, 5) is 13.5. The summed E-state index contributed by atoms with van der Waals surface area (Å²) < 4.78 is 5.10. The van der Waals surface area contributed by atoms with Gasteiger partial charge in [0.15, 0.2) is 0 Å². The SMILES string of the molecule is CCC(CCCN(C)C(C)COC)(NC)C(=O)O. The van der Waals surface area contributed by atoms with Crippen LogP contribution in [-0.2, 0) is 9.53 Å². The molecule has 0 aromatic heterocycles. The monoisotopic (exact) mass is 260 g/mol. The molecule has 0 saturated carbocycles. The van der Waals surface area contributed by atoms with E-state index in [1.807, 2.05) is 14.0 Å². The average molecular weight is 260 g/mol. The van der Waals surface area contributed by atoms with Crippen molar-refractivity contribution < 1.29 is 14.6 Å².